The molecule has 0 radical (unpaired) electrons. The molecule has 16 heavy (non-hydrogen) atoms. The molecule has 2 N–H and O–H groups in total. The van der Waals surface area contributed by atoms with Crippen LogP contribution in [0.25, 0.3) is 0 Å². The van der Waals surface area contributed by atoms with E-state index in [2.05, 4.69) is 17.6 Å². The highest BCUT2D eigenvalue weighted by atomic mass is 16.1. The molecule has 94 valence electrons. The molecule has 1 aliphatic rings. The maximum absolute atomic E-state index is 11.9. The number of rotatable bonds is 5. The minimum atomic E-state index is 0.282. The Kier molecular flexibility index (Phi) is 6.46. The molecule has 0 aromatic heterocycles. The molecule has 1 fully saturated rings. The third kappa shape index (κ3) is 4.97. The summed E-state index contributed by atoms with van der Waals surface area (Å²) in [6.07, 6.45) is 7.24. The molecule has 0 bridgehead atoms. The molecule has 0 spiro atoms. The molecule has 3 heteroatoms. The maximum Gasteiger partial charge on any atom is 0.223 e. The van der Waals surface area contributed by atoms with Crippen LogP contribution in [0.5, 0.6) is 0 Å². The average Bonchev–Trinajstić information content (AvgIpc) is 2.55. The number of carbonyl (C=O) groups is 1. The summed E-state index contributed by atoms with van der Waals surface area (Å²) in [7, 11) is 1.95. The van der Waals surface area contributed by atoms with Crippen LogP contribution >= 0.6 is 0 Å². The highest BCUT2D eigenvalue weighted by Crippen LogP contribution is 2.22. The lowest BCUT2D eigenvalue weighted by Crippen LogP contribution is -2.36. The fourth-order valence-electron chi connectivity index (χ4n) is 2.38. The largest absolute Gasteiger partial charge is 0.356 e. The quantitative estimate of drug-likeness (QED) is 0.703. The highest BCUT2D eigenvalue weighted by Gasteiger charge is 2.19. The monoisotopic (exact) mass is 226 g/mol. The summed E-state index contributed by atoms with van der Waals surface area (Å²) < 4.78 is 0. The van der Waals surface area contributed by atoms with Crippen molar-refractivity contribution >= 4 is 5.91 Å². The van der Waals surface area contributed by atoms with Crippen LogP contribution in [0.2, 0.25) is 0 Å². The minimum Gasteiger partial charge on any atom is -0.356 e. The smallest absolute Gasteiger partial charge is 0.223 e. The second-order valence-electron chi connectivity index (χ2n) is 5.10. The Hall–Kier alpha value is -0.570. The van der Waals surface area contributed by atoms with Crippen molar-refractivity contribution in [2.45, 2.75) is 45.4 Å². The van der Waals surface area contributed by atoms with Crippen LogP contribution in [-0.4, -0.2) is 26.0 Å². The lowest BCUT2D eigenvalue weighted by Gasteiger charge is -2.16. The van der Waals surface area contributed by atoms with E-state index in [0.717, 1.165) is 25.9 Å². The summed E-state index contributed by atoms with van der Waals surface area (Å²) in [5.74, 6) is 1.08. The van der Waals surface area contributed by atoms with Gasteiger partial charge in [0.2, 0.25) is 5.91 Å². The summed E-state index contributed by atoms with van der Waals surface area (Å²) in [5, 5.41) is 6.22. The van der Waals surface area contributed by atoms with Crippen LogP contribution < -0.4 is 10.6 Å². The van der Waals surface area contributed by atoms with Crippen molar-refractivity contribution in [2.24, 2.45) is 11.8 Å². The first kappa shape index (κ1) is 13.5. The Bertz CT molecular complexity index is 198. The number of hydrogen-bond donors (Lipinski definition) is 2. The zero-order valence-corrected chi connectivity index (χ0v) is 10.7. The zero-order valence-electron chi connectivity index (χ0n) is 10.7. The predicted octanol–water partition coefficient (Wildman–Crippen LogP) is 1.93. The molecule has 3 nitrogen and oxygen atoms in total. The first-order valence-electron chi connectivity index (χ1n) is 6.66. The van der Waals surface area contributed by atoms with Crippen LogP contribution in [0.1, 0.15) is 45.4 Å². The van der Waals surface area contributed by atoms with E-state index in [0.29, 0.717) is 5.92 Å². The molecule has 1 amide bonds. The first-order chi connectivity index (χ1) is 7.74. The normalized spacial score (nSPS) is 20.1. The maximum atomic E-state index is 11.9. The van der Waals surface area contributed by atoms with Gasteiger partial charge in [0, 0.05) is 12.5 Å². The Morgan fingerprint density at radius 3 is 2.38 bits per heavy atom. The van der Waals surface area contributed by atoms with Crippen molar-refractivity contribution in [3.8, 4) is 0 Å². The van der Waals surface area contributed by atoms with Crippen molar-refractivity contribution in [2.75, 3.05) is 20.1 Å². The van der Waals surface area contributed by atoms with Crippen molar-refractivity contribution in [3.63, 3.8) is 0 Å². The molecular formula is C13H26N2O. The van der Waals surface area contributed by atoms with Gasteiger partial charge >= 0.3 is 0 Å². The van der Waals surface area contributed by atoms with Gasteiger partial charge in [-0.1, -0.05) is 32.6 Å². The Morgan fingerprint density at radius 1 is 1.19 bits per heavy atom. The molecule has 1 atom stereocenters. The molecule has 0 aromatic rings. The van der Waals surface area contributed by atoms with Crippen molar-refractivity contribution < 1.29 is 4.79 Å². The molecule has 1 aliphatic carbocycles. The number of hydrogen-bond acceptors (Lipinski definition) is 2. The van der Waals surface area contributed by atoms with Crippen molar-refractivity contribution in [3.05, 3.63) is 0 Å². The van der Waals surface area contributed by atoms with E-state index in [9.17, 15) is 4.79 Å². The summed E-state index contributed by atoms with van der Waals surface area (Å²) in [4.78, 5) is 11.9. The van der Waals surface area contributed by atoms with Gasteiger partial charge in [-0.15, -0.1) is 0 Å². The van der Waals surface area contributed by atoms with Gasteiger partial charge in [0.05, 0.1) is 0 Å². The second-order valence-corrected chi connectivity index (χ2v) is 5.10. The SMILES string of the molecule is CNC[C@H](C)CNC(=O)C1CCCCCC1. The highest BCUT2D eigenvalue weighted by molar-refractivity contribution is 5.78. The molecular weight excluding hydrogens is 200 g/mol. The lowest BCUT2D eigenvalue weighted by molar-refractivity contribution is -0.125. The summed E-state index contributed by atoms with van der Waals surface area (Å²) in [5.41, 5.74) is 0. The van der Waals surface area contributed by atoms with Gasteiger partial charge < -0.3 is 10.6 Å². The van der Waals surface area contributed by atoms with Crippen LogP contribution in [0, 0.1) is 11.8 Å². The Balaban J connectivity index is 2.22. The molecule has 0 aliphatic heterocycles. The molecule has 0 aromatic carbocycles. The molecule has 1 saturated carbocycles. The van der Waals surface area contributed by atoms with E-state index in [1.807, 2.05) is 7.05 Å². The van der Waals surface area contributed by atoms with Gasteiger partial charge in [-0.2, -0.15) is 0 Å². The topological polar surface area (TPSA) is 41.1 Å². The van der Waals surface area contributed by atoms with Gasteiger partial charge in [-0.05, 0) is 32.4 Å². The third-order valence-corrected chi connectivity index (χ3v) is 3.40. The van der Waals surface area contributed by atoms with E-state index in [-0.39, 0.29) is 11.8 Å². The van der Waals surface area contributed by atoms with Crippen molar-refractivity contribution in [1.82, 2.24) is 10.6 Å². The fourth-order valence-corrected chi connectivity index (χ4v) is 2.38. The number of amides is 1. The number of carbonyl (C=O) groups excluding carboxylic acids is 1. The summed E-state index contributed by atoms with van der Waals surface area (Å²) >= 11 is 0. The van der Waals surface area contributed by atoms with Gasteiger partial charge in [-0.3, -0.25) is 4.79 Å². The van der Waals surface area contributed by atoms with Gasteiger partial charge in [0.25, 0.3) is 0 Å². The van der Waals surface area contributed by atoms with Crippen LogP contribution in [0.15, 0.2) is 0 Å². The molecule has 0 unspecified atom stereocenters. The van der Waals surface area contributed by atoms with Gasteiger partial charge in [-0.25, -0.2) is 0 Å². The van der Waals surface area contributed by atoms with Gasteiger partial charge in [0.1, 0.15) is 0 Å². The number of nitrogens with one attached hydrogen (secondary N) is 2. The van der Waals surface area contributed by atoms with Crippen LogP contribution in [-0.2, 0) is 4.79 Å². The van der Waals surface area contributed by atoms with E-state index < -0.39 is 0 Å². The summed E-state index contributed by atoms with van der Waals surface area (Å²) in [6, 6.07) is 0. The zero-order chi connectivity index (χ0) is 11.8. The average molecular weight is 226 g/mol. The lowest BCUT2D eigenvalue weighted by atomic mass is 9.99. The minimum absolute atomic E-state index is 0.282. The predicted molar refractivity (Wildman–Crippen MR) is 67.3 cm³/mol. The van der Waals surface area contributed by atoms with Crippen LogP contribution in [0.4, 0.5) is 0 Å². The third-order valence-electron chi connectivity index (χ3n) is 3.40. The molecule has 1 rings (SSSR count). The Morgan fingerprint density at radius 2 is 1.81 bits per heavy atom. The van der Waals surface area contributed by atoms with E-state index in [4.69, 9.17) is 0 Å². The van der Waals surface area contributed by atoms with Gasteiger partial charge in [0.15, 0.2) is 0 Å². The second kappa shape index (κ2) is 7.66. The first-order valence-corrected chi connectivity index (χ1v) is 6.66. The Labute approximate surface area is 99.4 Å². The fraction of sp³-hybridized carbons (Fsp3) is 0.923. The molecule has 0 heterocycles. The standard InChI is InChI=1S/C13H26N2O/c1-11(9-14-2)10-15-13(16)12-7-5-3-4-6-8-12/h11-12,14H,3-10H2,1-2H3,(H,15,16)/t11-/m0/s1. The van der Waals surface area contributed by atoms with Crippen molar-refractivity contribution in [1.29, 1.82) is 0 Å². The van der Waals surface area contributed by atoms with E-state index in [1.54, 1.807) is 0 Å². The summed E-state index contributed by atoms with van der Waals surface area (Å²) in [6.45, 7) is 3.92. The van der Waals surface area contributed by atoms with Crippen LogP contribution in [0.3, 0.4) is 0 Å². The van der Waals surface area contributed by atoms with E-state index >= 15 is 0 Å². The molecule has 0 saturated heterocycles. The van der Waals surface area contributed by atoms with E-state index in [1.165, 1.54) is 25.7 Å².